The molecule has 0 spiro atoms. The quantitative estimate of drug-likeness (QED) is 0.719. The van der Waals surface area contributed by atoms with E-state index in [-0.39, 0.29) is 24.1 Å². The molecule has 0 bridgehead atoms. The van der Waals surface area contributed by atoms with Crippen LogP contribution < -0.4 is 5.56 Å². The predicted octanol–water partition coefficient (Wildman–Crippen LogP) is 3.38. The number of aryl methyl sites for hydroxylation is 2. The Bertz CT molecular complexity index is 1050. The highest BCUT2D eigenvalue weighted by atomic mass is 16.2. The monoisotopic (exact) mass is 361 g/mol. The van der Waals surface area contributed by atoms with Crippen molar-refractivity contribution in [2.45, 2.75) is 39.3 Å². The van der Waals surface area contributed by atoms with Gasteiger partial charge in [-0.25, -0.2) is 4.68 Å². The third-order valence-corrected chi connectivity index (χ3v) is 5.37. The molecule has 2 heterocycles. The zero-order valence-electron chi connectivity index (χ0n) is 15.7. The molecule has 0 N–H and O–H groups in total. The summed E-state index contributed by atoms with van der Waals surface area (Å²) in [6.07, 6.45) is 1.93. The van der Waals surface area contributed by atoms with E-state index in [9.17, 15) is 9.59 Å². The summed E-state index contributed by atoms with van der Waals surface area (Å²) in [5.41, 5.74) is 2.91. The summed E-state index contributed by atoms with van der Waals surface area (Å²) in [7, 11) is 0. The maximum atomic E-state index is 13.0. The van der Waals surface area contributed by atoms with E-state index >= 15 is 0 Å². The van der Waals surface area contributed by atoms with Crippen LogP contribution in [0.2, 0.25) is 0 Å². The molecule has 0 radical (unpaired) electrons. The Hall–Kier alpha value is -2.95. The van der Waals surface area contributed by atoms with Gasteiger partial charge in [0.25, 0.3) is 5.56 Å². The minimum absolute atomic E-state index is 0.0210. The van der Waals surface area contributed by atoms with Crippen molar-refractivity contribution in [2.24, 2.45) is 0 Å². The number of likely N-dealkylation sites (tertiary alicyclic amines) is 1. The summed E-state index contributed by atoms with van der Waals surface area (Å²) < 4.78 is 1.31. The average molecular weight is 361 g/mol. The first-order valence-electron chi connectivity index (χ1n) is 9.37. The third kappa shape index (κ3) is 3.25. The second kappa shape index (κ2) is 6.99. The highest BCUT2D eigenvalue weighted by Gasteiger charge is 2.30. The molecule has 1 fully saturated rings. The number of hydrogen-bond donors (Lipinski definition) is 0. The lowest BCUT2D eigenvalue weighted by Crippen LogP contribution is -2.37. The van der Waals surface area contributed by atoms with Crippen LogP contribution in [0.25, 0.3) is 10.8 Å². The van der Waals surface area contributed by atoms with E-state index in [2.05, 4.69) is 36.3 Å². The lowest BCUT2D eigenvalue weighted by Gasteiger charge is -2.25. The summed E-state index contributed by atoms with van der Waals surface area (Å²) in [6.45, 7) is 4.63. The van der Waals surface area contributed by atoms with Crippen LogP contribution in [0.3, 0.4) is 0 Å². The summed E-state index contributed by atoms with van der Waals surface area (Å²) in [5, 5.41) is 5.82. The van der Waals surface area contributed by atoms with Crippen molar-refractivity contribution in [3.8, 4) is 0 Å². The first kappa shape index (κ1) is 17.5. The number of nitrogens with zero attached hydrogens (tertiary/aromatic N) is 3. The molecule has 4 rings (SSSR count). The molecule has 27 heavy (non-hydrogen) atoms. The van der Waals surface area contributed by atoms with Gasteiger partial charge in [0.2, 0.25) is 5.91 Å². The van der Waals surface area contributed by atoms with E-state index < -0.39 is 0 Å². The first-order chi connectivity index (χ1) is 13.0. The fourth-order valence-corrected chi connectivity index (χ4v) is 3.93. The number of benzene rings is 2. The summed E-state index contributed by atoms with van der Waals surface area (Å²) in [5.74, 6) is -0.0534. The molecular weight excluding hydrogens is 338 g/mol. The van der Waals surface area contributed by atoms with Crippen molar-refractivity contribution in [1.82, 2.24) is 14.7 Å². The normalized spacial score (nSPS) is 16.8. The zero-order chi connectivity index (χ0) is 19.0. The van der Waals surface area contributed by atoms with Crippen LogP contribution in [0.4, 0.5) is 0 Å². The molecule has 1 aliphatic heterocycles. The fraction of sp³-hybridized carbons (Fsp3) is 0.318. The summed E-state index contributed by atoms with van der Waals surface area (Å²) in [6, 6.07) is 15.8. The predicted molar refractivity (Wildman–Crippen MR) is 106 cm³/mol. The molecule has 5 nitrogen and oxygen atoms in total. The number of carbonyl (C=O) groups is 1. The van der Waals surface area contributed by atoms with E-state index in [1.165, 1.54) is 10.2 Å². The molecule has 1 aromatic heterocycles. The van der Waals surface area contributed by atoms with Crippen molar-refractivity contribution in [3.63, 3.8) is 0 Å². The van der Waals surface area contributed by atoms with Gasteiger partial charge in [-0.1, -0.05) is 48.0 Å². The minimum atomic E-state index is -0.212. The lowest BCUT2D eigenvalue weighted by molar-refractivity contribution is -0.133. The smallest absolute Gasteiger partial charge is 0.275 e. The Morgan fingerprint density at radius 2 is 1.78 bits per heavy atom. The van der Waals surface area contributed by atoms with Crippen LogP contribution in [-0.2, 0) is 11.3 Å². The molecule has 1 aliphatic rings. The molecule has 3 aromatic rings. The van der Waals surface area contributed by atoms with Crippen molar-refractivity contribution < 1.29 is 4.79 Å². The summed E-state index contributed by atoms with van der Waals surface area (Å²) in [4.78, 5) is 27.6. The van der Waals surface area contributed by atoms with Crippen molar-refractivity contribution in [3.05, 3.63) is 75.7 Å². The van der Waals surface area contributed by atoms with Gasteiger partial charge in [0.05, 0.1) is 17.1 Å². The number of carbonyl (C=O) groups excluding carboxylic acids is 1. The first-order valence-corrected chi connectivity index (χ1v) is 9.37. The molecule has 1 saturated heterocycles. The largest absolute Gasteiger partial charge is 0.334 e. The Kier molecular flexibility index (Phi) is 4.52. The highest BCUT2D eigenvalue weighted by molar-refractivity contribution is 5.83. The molecule has 0 saturated carbocycles. The van der Waals surface area contributed by atoms with E-state index in [1.807, 2.05) is 30.0 Å². The summed E-state index contributed by atoms with van der Waals surface area (Å²) >= 11 is 0. The van der Waals surface area contributed by atoms with Crippen LogP contribution in [-0.4, -0.2) is 27.1 Å². The molecule has 0 aliphatic carbocycles. The topological polar surface area (TPSA) is 55.2 Å². The van der Waals surface area contributed by atoms with E-state index in [4.69, 9.17) is 0 Å². The van der Waals surface area contributed by atoms with Gasteiger partial charge in [-0.05, 0) is 38.3 Å². The zero-order valence-corrected chi connectivity index (χ0v) is 15.7. The van der Waals surface area contributed by atoms with Gasteiger partial charge in [0.1, 0.15) is 6.54 Å². The second-order valence-electron chi connectivity index (χ2n) is 7.25. The molecular formula is C22H23N3O2. The fourth-order valence-electron chi connectivity index (χ4n) is 3.93. The molecule has 2 aromatic carbocycles. The molecule has 5 heteroatoms. The van der Waals surface area contributed by atoms with E-state index in [0.29, 0.717) is 5.39 Å². The van der Waals surface area contributed by atoms with Gasteiger partial charge >= 0.3 is 0 Å². The van der Waals surface area contributed by atoms with Gasteiger partial charge < -0.3 is 4.90 Å². The maximum Gasteiger partial charge on any atom is 0.275 e. The van der Waals surface area contributed by atoms with Crippen molar-refractivity contribution in [2.75, 3.05) is 6.54 Å². The Morgan fingerprint density at radius 3 is 2.52 bits per heavy atom. The van der Waals surface area contributed by atoms with Gasteiger partial charge in [0.15, 0.2) is 0 Å². The average Bonchev–Trinajstić information content (AvgIpc) is 3.16. The molecule has 1 atom stereocenters. The lowest BCUT2D eigenvalue weighted by atomic mass is 10.0. The van der Waals surface area contributed by atoms with Crippen molar-refractivity contribution in [1.29, 1.82) is 0 Å². The van der Waals surface area contributed by atoms with Crippen LogP contribution >= 0.6 is 0 Å². The Morgan fingerprint density at radius 1 is 1.07 bits per heavy atom. The second-order valence-corrected chi connectivity index (χ2v) is 7.25. The van der Waals surface area contributed by atoms with Crippen LogP contribution in [0.1, 0.15) is 35.7 Å². The number of hydrogen-bond acceptors (Lipinski definition) is 3. The van der Waals surface area contributed by atoms with Crippen LogP contribution in [0.5, 0.6) is 0 Å². The third-order valence-electron chi connectivity index (χ3n) is 5.37. The standard InChI is InChI=1S/C22H23N3O2/c1-15-9-11-17(12-10-15)20-8-5-13-24(20)21(26)14-25-22(27)19-7-4-3-6-18(19)16(2)23-25/h3-4,6-7,9-12,20H,5,8,13-14H2,1-2H3. The van der Waals surface area contributed by atoms with Gasteiger partial charge in [-0.15, -0.1) is 0 Å². The van der Waals surface area contributed by atoms with Gasteiger partial charge in [0, 0.05) is 11.9 Å². The van der Waals surface area contributed by atoms with Crippen LogP contribution in [0.15, 0.2) is 53.3 Å². The molecule has 1 amide bonds. The number of fused-ring (bicyclic) bond motifs is 1. The molecule has 1 unspecified atom stereocenters. The Balaban J connectivity index is 1.62. The minimum Gasteiger partial charge on any atom is -0.334 e. The van der Waals surface area contributed by atoms with Gasteiger partial charge in [-0.2, -0.15) is 5.10 Å². The van der Waals surface area contributed by atoms with Gasteiger partial charge in [-0.3, -0.25) is 9.59 Å². The van der Waals surface area contributed by atoms with Crippen molar-refractivity contribution >= 4 is 16.7 Å². The number of amides is 1. The van der Waals surface area contributed by atoms with E-state index in [1.54, 1.807) is 6.07 Å². The number of aromatic nitrogens is 2. The van der Waals surface area contributed by atoms with Crippen LogP contribution in [0, 0.1) is 13.8 Å². The maximum absolute atomic E-state index is 13.0. The Labute approximate surface area is 158 Å². The SMILES string of the molecule is Cc1ccc(C2CCCN2C(=O)Cn2nc(C)c3ccccc3c2=O)cc1. The van der Waals surface area contributed by atoms with E-state index in [0.717, 1.165) is 36.0 Å². The molecule has 138 valence electrons. The highest BCUT2D eigenvalue weighted by Crippen LogP contribution is 2.32. The number of rotatable bonds is 3.